The third kappa shape index (κ3) is 3.32. The third-order valence-electron chi connectivity index (χ3n) is 3.98. The summed E-state index contributed by atoms with van der Waals surface area (Å²) in [6, 6.07) is 14.9. The van der Waals surface area contributed by atoms with Gasteiger partial charge in [-0.2, -0.15) is 4.31 Å². The van der Waals surface area contributed by atoms with Crippen LogP contribution in [-0.4, -0.2) is 25.1 Å². The molecule has 1 atom stereocenters. The number of carbonyl (C=O) groups is 1. The lowest BCUT2D eigenvalue weighted by atomic mass is 9.97. The van der Waals surface area contributed by atoms with Crippen LogP contribution in [-0.2, 0) is 14.8 Å². The van der Waals surface area contributed by atoms with E-state index in [0.717, 1.165) is 5.56 Å². The van der Waals surface area contributed by atoms with Gasteiger partial charge in [0, 0.05) is 24.4 Å². The van der Waals surface area contributed by atoms with Crippen molar-refractivity contribution >= 4 is 27.4 Å². The Balaban J connectivity index is 2.01. The Morgan fingerprint density at radius 2 is 1.65 bits per heavy atom. The van der Waals surface area contributed by atoms with Crippen LogP contribution in [0.25, 0.3) is 0 Å². The van der Waals surface area contributed by atoms with Crippen LogP contribution < -0.4 is 0 Å². The second-order valence-corrected chi connectivity index (χ2v) is 7.82. The topological polar surface area (TPSA) is 54.5 Å². The van der Waals surface area contributed by atoms with Crippen molar-refractivity contribution in [2.75, 3.05) is 6.54 Å². The Kier molecular flexibility index (Phi) is 4.53. The Labute approximate surface area is 140 Å². The van der Waals surface area contributed by atoms with Crippen molar-refractivity contribution < 1.29 is 13.2 Å². The number of rotatable bonds is 3. The lowest BCUT2D eigenvalue weighted by molar-refractivity contribution is -0.121. The van der Waals surface area contributed by atoms with Crippen LogP contribution in [0.3, 0.4) is 0 Å². The summed E-state index contributed by atoms with van der Waals surface area (Å²) >= 11 is 5.84. The van der Waals surface area contributed by atoms with E-state index in [0.29, 0.717) is 5.02 Å². The molecule has 0 saturated carbocycles. The van der Waals surface area contributed by atoms with E-state index < -0.39 is 16.1 Å². The van der Waals surface area contributed by atoms with E-state index in [9.17, 15) is 13.2 Å². The van der Waals surface area contributed by atoms with Gasteiger partial charge in [0.05, 0.1) is 10.9 Å². The van der Waals surface area contributed by atoms with Gasteiger partial charge in [-0.05, 0) is 29.8 Å². The number of hydrogen-bond donors (Lipinski definition) is 0. The summed E-state index contributed by atoms with van der Waals surface area (Å²) in [5, 5.41) is 0.484. The molecule has 0 aliphatic carbocycles. The zero-order chi connectivity index (χ0) is 16.4. The highest BCUT2D eigenvalue weighted by atomic mass is 35.5. The number of sulfonamides is 1. The van der Waals surface area contributed by atoms with Gasteiger partial charge in [-0.25, -0.2) is 8.42 Å². The molecular weight excluding hydrogens is 334 g/mol. The molecule has 1 heterocycles. The van der Waals surface area contributed by atoms with Gasteiger partial charge in [-0.3, -0.25) is 4.79 Å². The van der Waals surface area contributed by atoms with Gasteiger partial charge in [0.1, 0.15) is 5.78 Å². The zero-order valence-electron chi connectivity index (χ0n) is 12.4. The van der Waals surface area contributed by atoms with E-state index in [-0.39, 0.29) is 30.1 Å². The van der Waals surface area contributed by atoms with Crippen molar-refractivity contribution in [3.05, 3.63) is 65.2 Å². The van der Waals surface area contributed by atoms with Crippen molar-refractivity contribution in [3.63, 3.8) is 0 Å². The predicted octanol–water partition coefficient (Wildman–Crippen LogP) is 3.43. The quantitative estimate of drug-likeness (QED) is 0.853. The highest BCUT2D eigenvalue weighted by molar-refractivity contribution is 7.89. The van der Waals surface area contributed by atoms with Gasteiger partial charge in [0.2, 0.25) is 10.0 Å². The minimum absolute atomic E-state index is 0.0846. The molecule has 1 aliphatic rings. The molecule has 23 heavy (non-hydrogen) atoms. The minimum atomic E-state index is -3.68. The summed E-state index contributed by atoms with van der Waals surface area (Å²) in [6.07, 6.45) is 0.451. The monoisotopic (exact) mass is 349 g/mol. The van der Waals surface area contributed by atoms with Crippen molar-refractivity contribution in [1.82, 2.24) is 4.31 Å². The van der Waals surface area contributed by atoms with Gasteiger partial charge in [-0.1, -0.05) is 41.9 Å². The lowest BCUT2D eigenvalue weighted by Crippen LogP contribution is -2.41. The number of benzene rings is 2. The second kappa shape index (κ2) is 6.43. The van der Waals surface area contributed by atoms with Crippen LogP contribution in [0.1, 0.15) is 24.4 Å². The molecule has 4 nitrogen and oxygen atoms in total. The summed E-state index contributed by atoms with van der Waals surface area (Å²) in [5.74, 6) is 0.0846. The first-order valence-electron chi connectivity index (χ1n) is 7.32. The number of nitrogens with zero attached hydrogens (tertiary/aromatic N) is 1. The molecule has 3 rings (SSSR count). The van der Waals surface area contributed by atoms with Crippen molar-refractivity contribution in [2.24, 2.45) is 0 Å². The van der Waals surface area contributed by atoms with Crippen molar-refractivity contribution in [2.45, 2.75) is 23.8 Å². The zero-order valence-corrected chi connectivity index (χ0v) is 13.9. The summed E-state index contributed by atoms with van der Waals surface area (Å²) in [7, 11) is -3.68. The van der Waals surface area contributed by atoms with Crippen LogP contribution >= 0.6 is 11.6 Å². The molecule has 0 amide bonds. The fourth-order valence-corrected chi connectivity index (χ4v) is 4.54. The standard InChI is InChI=1S/C17H16ClNO3S/c18-14-6-8-16(9-7-14)23(21,22)19-11-10-15(20)12-17(19)13-4-2-1-3-5-13/h1-9,17H,10-12H2. The number of Topliss-reactive ketones (excluding diaryl/α,β-unsaturated/α-hetero) is 1. The summed E-state index contributed by atoms with van der Waals surface area (Å²) in [6.45, 7) is 0.198. The van der Waals surface area contributed by atoms with Gasteiger partial charge < -0.3 is 0 Å². The van der Waals surface area contributed by atoms with E-state index in [1.807, 2.05) is 30.3 Å². The Morgan fingerprint density at radius 3 is 2.30 bits per heavy atom. The fraction of sp³-hybridized carbons (Fsp3) is 0.235. The van der Waals surface area contributed by atoms with Crippen LogP contribution in [0.5, 0.6) is 0 Å². The normalized spacial score (nSPS) is 19.7. The van der Waals surface area contributed by atoms with Crippen LogP contribution in [0.15, 0.2) is 59.5 Å². The molecule has 6 heteroatoms. The minimum Gasteiger partial charge on any atom is -0.300 e. The second-order valence-electron chi connectivity index (χ2n) is 5.49. The number of piperidine rings is 1. The molecular formula is C17H16ClNO3S. The van der Waals surface area contributed by atoms with Crippen molar-refractivity contribution in [3.8, 4) is 0 Å². The summed E-state index contributed by atoms with van der Waals surface area (Å²) in [4.78, 5) is 12.1. The first-order valence-corrected chi connectivity index (χ1v) is 9.14. The SMILES string of the molecule is O=C1CCN(S(=O)(=O)c2ccc(Cl)cc2)C(c2ccccc2)C1. The number of halogens is 1. The third-order valence-corrected chi connectivity index (χ3v) is 6.16. The molecule has 2 aromatic rings. The fourth-order valence-electron chi connectivity index (χ4n) is 2.80. The number of ketones is 1. The Morgan fingerprint density at radius 1 is 1.00 bits per heavy atom. The van der Waals surface area contributed by atoms with Crippen LogP contribution in [0.2, 0.25) is 5.02 Å². The first kappa shape index (κ1) is 16.2. The average Bonchev–Trinajstić information content (AvgIpc) is 2.56. The summed E-state index contributed by atoms with van der Waals surface area (Å²) < 4.78 is 27.3. The molecule has 0 bridgehead atoms. The molecule has 0 radical (unpaired) electrons. The van der Waals surface area contributed by atoms with Gasteiger partial charge in [0.25, 0.3) is 0 Å². The average molecular weight is 350 g/mol. The van der Waals surface area contributed by atoms with Crippen LogP contribution in [0, 0.1) is 0 Å². The van der Waals surface area contributed by atoms with Gasteiger partial charge >= 0.3 is 0 Å². The molecule has 120 valence electrons. The largest absolute Gasteiger partial charge is 0.300 e. The molecule has 0 spiro atoms. The highest BCUT2D eigenvalue weighted by Gasteiger charge is 2.37. The predicted molar refractivity (Wildman–Crippen MR) is 88.8 cm³/mol. The van der Waals surface area contributed by atoms with E-state index in [2.05, 4.69) is 0 Å². The van der Waals surface area contributed by atoms with Crippen LogP contribution in [0.4, 0.5) is 0 Å². The number of carbonyl (C=O) groups excluding carboxylic acids is 1. The molecule has 1 saturated heterocycles. The maximum atomic E-state index is 13.0. The Hall–Kier alpha value is -1.69. The van der Waals surface area contributed by atoms with E-state index >= 15 is 0 Å². The Bertz CT molecular complexity index is 803. The van der Waals surface area contributed by atoms with Crippen molar-refractivity contribution in [1.29, 1.82) is 0 Å². The van der Waals surface area contributed by atoms with Gasteiger partial charge in [0.15, 0.2) is 0 Å². The van der Waals surface area contributed by atoms with Gasteiger partial charge in [-0.15, -0.1) is 0 Å². The molecule has 1 fully saturated rings. The smallest absolute Gasteiger partial charge is 0.243 e. The molecule has 0 aromatic heterocycles. The summed E-state index contributed by atoms with van der Waals surface area (Å²) in [5.41, 5.74) is 0.832. The maximum absolute atomic E-state index is 13.0. The van der Waals surface area contributed by atoms with E-state index in [1.54, 1.807) is 12.1 Å². The highest BCUT2D eigenvalue weighted by Crippen LogP contribution is 2.34. The van der Waals surface area contributed by atoms with E-state index in [1.165, 1.54) is 16.4 Å². The molecule has 1 unspecified atom stereocenters. The number of hydrogen-bond acceptors (Lipinski definition) is 3. The maximum Gasteiger partial charge on any atom is 0.243 e. The molecule has 0 N–H and O–H groups in total. The molecule has 2 aromatic carbocycles. The lowest BCUT2D eigenvalue weighted by Gasteiger charge is -2.34. The molecule has 1 aliphatic heterocycles. The first-order chi connectivity index (χ1) is 11.0. The van der Waals surface area contributed by atoms with E-state index in [4.69, 9.17) is 11.6 Å².